The first-order chi connectivity index (χ1) is 13.1. The molecule has 0 fully saturated rings. The molecular weight excluding hydrogens is 378 g/mol. The molecule has 0 saturated carbocycles. The van der Waals surface area contributed by atoms with E-state index in [-0.39, 0.29) is 5.91 Å². The minimum atomic E-state index is -0.00540. The molecule has 0 spiro atoms. The molecule has 5 nitrogen and oxygen atoms in total. The molecule has 27 heavy (non-hydrogen) atoms. The molecule has 0 aliphatic heterocycles. The van der Waals surface area contributed by atoms with Crippen LogP contribution >= 0.6 is 22.7 Å². The summed E-state index contributed by atoms with van der Waals surface area (Å²) in [5, 5.41) is 7.49. The molecule has 0 radical (unpaired) electrons. The van der Waals surface area contributed by atoms with Crippen LogP contribution in [0.25, 0.3) is 10.2 Å². The normalized spacial score (nSPS) is 11.1. The highest BCUT2D eigenvalue weighted by Crippen LogP contribution is 2.31. The van der Waals surface area contributed by atoms with Crippen molar-refractivity contribution >= 4 is 44.5 Å². The topological polar surface area (TPSA) is 47.4 Å². The number of aromatic nitrogens is 2. The van der Waals surface area contributed by atoms with Crippen LogP contribution in [-0.4, -0.2) is 22.8 Å². The van der Waals surface area contributed by atoms with Crippen LogP contribution in [0.15, 0.2) is 47.8 Å². The maximum atomic E-state index is 13.4. The Morgan fingerprint density at radius 1 is 1.26 bits per heavy atom. The Balaban J connectivity index is 1.73. The summed E-state index contributed by atoms with van der Waals surface area (Å²) in [5.41, 5.74) is 1.79. The van der Waals surface area contributed by atoms with Crippen LogP contribution in [0.5, 0.6) is 5.75 Å². The number of ether oxygens (including phenoxy) is 1. The molecule has 0 aliphatic carbocycles. The van der Waals surface area contributed by atoms with Crippen LogP contribution in [0.4, 0.5) is 5.69 Å². The highest BCUT2D eigenvalue weighted by molar-refractivity contribution is 7.20. The van der Waals surface area contributed by atoms with Gasteiger partial charge in [0, 0.05) is 23.0 Å². The Morgan fingerprint density at radius 2 is 2.04 bits per heavy atom. The van der Waals surface area contributed by atoms with E-state index in [1.54, 1.807) is 18.4 Å². The van der Waals surface area contributed by atoms with Crippen LogP contribution in [0.2, 0.25) is 0 Å². The second-order valence-electron chi connectivity index (χ2n) is 6.21. The first-order valence-electron chi connectivity index (χ1n) is 8.48. The lowest BCUT2D eigenvalue weighted by atomic mass is 10.2. The molecule has 4 aromatic rings. The van der Waals surface area contributed by atoms with Gasteiger partial charge in [-0.25, -0.2) is 0 Å². The monoisotopic (exact) mass is 397 g/mol. The number of carbonyl (C=O) groups is 1. The molecule has 1 amide bonds. The average Bonchev–Trinajstić information content (AvgIpc) is 3.39. The van der Waals surface area contributed by atoms with Crippen LogP contribution in [0.3, 0.4) is 0 Å². The Kier molecular flexibility index (Phi) is 4.72. The summed E-state index contributed by atoms with van der Waals surface area (Å²) in [6, 6.07) is 13.6. The van der Waals surface area contributed by atoms with E-state index in [1.165, 1.54) is 11.3 Å². The number of anilines is 1. The van der Waals surface area contributed by atoms with Gasteiger partial charge < -0.3 is 9.64 Å². The van der Waals surface area contributed by atoms with Crippen molar-refractivity contribution in [1.29, 1.82) is 0 Å². The fourth-order valence-electron chi connectivity index (χ4n) is 3.04. The lowest BCUT2D eigenvalue weighted by Crippen LogP contribution is -2.29. The lowest BCUT2D eigenvalue weighted by molar-refractivity contribution is 0.0989. The van der Waals surface area contributed by atoms with E-state index in [0.717, 1.165) is 32.2 Å². The second-order valence-corrected chi connectivity index (χ2v) is 8.27. The van der Waals surface area contributed by atoms with Gasteiger partial charge in [0.15, 0.2) is 0 Å². The van der Waals surface area contributed by atoms with Gasteiger partial charge in [-0.3, -0.25) is 9.48 Å². The number of fused-ring (bicyclic) bond motifs is 1. The highest BCUT2D eigenvalue weighted by atomic mass is 32.1. The predicted molar refractivity (Wildman–Crippen MR) is 111 cm³/mol. The number of nitrogens with zero attached hydrogens (tertiary/aromatic N) is 3. The summed E-state index contributed by atoms with van der Waals surface area (Å²) < 4.78 is 7.08. The average molecular weight is 398 g/mol. The Labute approximate surface area is 165 Å². The maximum absolute atomic E-state index is 13.4. The first kappa shape index (κ1) is 17.8. The van der Waals surface area contributed by atoms with E-state index in [4.69, 9.17) is 4.74 Å². The fourth-order valence-corrected chi connectivity index (χ4v) is 4.81. The predicted octanol–water partition coefficient (Wildman–Crippen LogP) is 4.86. The minimum Gasteiger partial charge on any atom is -0.497 e. The van der Waals surface area contributed by atoms with Gasteiger partial charge in [0.05, 0.1) is 24.2 Å². The van der Waals surface area contributed by atoms with Gasteiger partial charge in [0.2, 0.25) is 0 Å². The van der Waals surface area contributed by atoms with Crippen LogP contribution in [0.1, 0.15) is 20.2 Å². The molecule has 4 rings (SSSR count). The van der Waals surface area contributed by atoms with Crippen molar-refractivity contribution in [3.8, 4) is 5.75 Å². The van der Waals surface area contributed by atoms with E-state index >= 15 is 0 Å². The summed E-state index contributed by atoms with van der Waals surface area (Å²) >= 11 is 3.13. The number of carbonyl (C=O) groups excluding carboxylic acids is 1. The Hall–Kier alpha value is -2.64. The molecule has 0 bridgehead atoms. The molecule has 3 aromatic heterocycles. The van der Waals surface area contributed by atoms with Gasteiger partial charge in [0.25, 0.3) is 5.91 Å². The van der Waals surface area contributed by atoms with Crippen LogP contribution < -0.4 is 9.64 Å². The summed E-state index contributed by atoms with van der Waals surface area (Å²) in [6.07, 6.45) is 0. The van der Waals surface area contributed by atoms with Gasteiger partial charge in [0.1, 0.15) is 10.6 Å². The van der Waals surface area contributed by atoms with Crippen molar-refractivity contribution in [1.82, 2.24) is 9.78 Å². The third-order valence-corrected chi connectivity index (χ3v) is 6.48. The molecule has 7 heteroatoms. The van der Waals surface area contributed by atoms with Crippen LogP contribution in [0, 0.1) is 6.92 Å². The van der Waals surface area contributed by atoms with Crippen molar-refractivity contribution in [2.45, 2.75) is 13.5 Å². The summed E-state index contributed by atoms with van der Waals surface area (Å²) in [5.74, 6) is 0.764. The van der Waals surface area contributed by atoms with E-state index in [9.17, 15) is 4.79 Å². The molecule has 0 N–H and O–H groups in total. The minimum absolute atomic E-state index is 0.00540. The first-order valence-corrected chi connectivity index (χ1v) is 10.2. The molecule has 1 aromatic carbocycles. The molecule has 3 heterocycles. The van der Waals surface area contributed by atoms with Crippen molar-refractivity contribution in [2.24, 2.45) is 7.05 Å². The van der Waals surface area contributed by atoms with Crippen molar-refractivity contribution in [3.05, 3.63) is 63.3 Å². The Bertz CT molecular complexity index is 1040. The van der Waals surface area contributed by atoms with E-state index in [2.05, 4.69) is 5.10 Å². The zero-order valence-corrected chi connectivity index (χ0v) is 16.9. The summed E-state index contributed by atoms with van der Waals surface area (Å²) in [4.78, 5) is 18.1. The Morgan fingerprint density at radius 3 is 2.67 bits per heavy atom. The van der Waals surface area contributed by atoms with Gasteiger partial charge in [-0.15, -0.1) is 22.7 Å². The number of amides is 1. The number of thiophene rings is 2. The molecule has 138 valence electrons. The molecular formula is C20H19N3O2S2. The van der Waals surface area contributed by atoms with E-state index < -0.39 is 0 Å². The second kappa shape index (κ2) is 7.17. The quantitative estimate of drug-likeness (QED) is 0.483. The number of aryl methyl sites for hydroxylation is 2. The zero-order chi connectivity index (χ0) is 19.0. The standard InChI is InChI=1S/C20H19N3O2S2/c1-13-17-11-18(27-20(17)22(2)21-13)19(24)23(12-16-5-4-10-26-16)14-6-8-15(25-3)9-7-14/h4-11H,12H2,1-3H3. The third-order valence-electron chi connectivity index (χ3n) is 4.43. The van der Waals surface area contributed by atoms with Gasteiger partial charge in [-0.1, -0.05) is 6.07 Å². The highest BCUT2D eigenvalue weighted by Gasteiger charge is 2.22. The fraction of sp³-hybridized carbons (Fsp3) is 0.200. The van der Waals surface area contributed by atoms with Crippen molar-refractivity contribution < 1.29 is 9.53 Å². The van der Waals surface area contributed by atoms with Gasteiger partial charge in [-0.05, 0) is 48.7 Å². The number of rotatable bonds is 5. The molecule has 0 saturated heterocycles. The molecule has 0 unspecified atom stereocenters. The number of hydrogen-bond acceptors (Lipinski definition) is 5. The third kappa shape index (κ3) is 3.36. The van der Waals surface area contributed by atoms with E-state index in [1.807, 2.05) is 71.4 Å². The smallest absolute Gasteiger partial charge is 0.268 e. The SMILES string of the molecule is COc1ccc(N(Cc2cccs2)C(=O)c2cc3c(C)nn(C)c3s2)cc1. The van der Waals surface area contributed by atoms with Gasteiger partial charge >= 0.3 is 0 Å². The largest absolute Gasteiger partial charge is 0.497 e. The van der Waals surface area contributed by atoms with E-state index in [0.29, 0.717) is 11.4 Å². The number of methoxy groups -OCH3 is 1. The lowest BCUT2D eigenvalue weighted by Gasteiger charge is -2.22. The van der Waals surface area contributed by atoms with Crippen molar-refractivity contribution in [2.75, 3.05) is 12.0 Å². The number of hydrogen-bond donors (Lipinski definition) is 0. The summed E-state index contributed by atoms with van der Waals surface area (Å²) in [6.45, 7) is 2.50. The zero-order valence-electron chi connectivity index (χ0n) is 15.3. The molecule has 0 aliphatic rings. The number of benzene rings is 1. The van der Waals surface area contributed by atoms with Crippen molar-refractivity contribution in [3.63, 3.8) is 0 Å². The molecule has 0 atom stereocenters. The maximum Gasteiger partial charge on any atom is 0.268 e. The van der Waals surface area contributed by atoms with Crippen LogP contribution in [-0.2, 0) is 13.6 Å². The summed E-state index contributed by atoms with van der Waals surface area (Å²) in [7, 11) is 3.55. The van der Waals surface area contributed by atoms with Gasteiger partial charge in [-0.2, -0.15) is 5.10 Å².